The predicted octanol–water partition coefficient (Wildman–Crippen LogP) is 3.23. The molecule has 0 fully saturated rings. The van der Waals surface area contributed by atoms with E-state index in [0.29, 0.717) is 22.1 Å². The molecule has 0 saturated carbocycles. The first-order chi connectivity index (χ1) is 13.8. The van der Waals surface area contributed by atoms with Crippen LogP contribution in [0.5, 0.6) is 0 Å². The quantitative estimate of drug-likeness (QED) is 0.565. The molecule has 0 saturated heterocycles. The zero-order chi connectivity index (χ0) is 20.6. The van der Waals surface area contributed by atoms with Gasteiger partial charge in [0.1, 0.15) is 11.3 Å². The molecule has 146 valence electrons. The van der Waals surface area contributed by atoms with E-state index in [1.54, 1.807) is 47.5 Å². The summed E-state index contributed by atoms with van der Waals surface area (Å²) >= 11 is 0. The smallest absolute Gasteiger partial charge is 0.434 e. The van der Waals surface area contributed by atoms with Gasteiger partial charge in [-0.15, -0.1) is 5.10 Å². The molecule has 0 bridgehead atoms. The normalized spacial score (nSPS) is 11.6. The third-order valence-corrected chi connectivity index (χ3v) is 4.10. The number of alkyl halides is 3. The number of nitrogens with zero attached hydrogens (tertiary/aromatic N) is 6. The Morgan fingerprint density at radius 1 is 1.00 bits per heavy atom. The molecule has 0 radical (unpaired) electrons. The molecule has 3 heterocycles. The number of rotatable bonds is 4. The molecule has 1 N–H and O–H groups in total. The number of aromatic nitrogens is 6. The van der Waals surface area contributed by atoms with Crippen LogP contribution in [0.25, 0.3) is 22.6 Å². The Labute approximate surface area is 160 Å². The zero-order valence-electron chi connectivity index (χ0n) is 14.4. The van der Waals surface area contributed by atoms with Gasteiger partial charge in [0.05, 0.1) is 23.8 Å². The topological polar surface area (TPSA) is 98.7 Å². The Bertz CT molecular complexity index is 1170. The van der Waals surface area contributed by atoms with Crippen LogP contribution in [0.2, 0.25) is 0 Å². The molecule has 0 unspecified atom stereocenters. The number of pyridine rings is 1. The zero-order valence-corrected chi connectivity index (χ0v) is 14.4. The highest BCUT2D eigenvalue weighted by Crippen LogP contribution is 2.34. The van der Waals surface area contributed by atoms with Gasteiger partial charge >= 0.3 is 12.1 Å². The number of hydrogen-bond donors (Lipinski definition) is 1. The predicted molar refractivity (Wildman–Crippen MR) is 93.7 cm³/mol. The lowest BCUT2D eigenvalue weighted by Gasteiger charge is -2.11. The Morgan fingerprint density at radius 3 is 2.31 bits per heavy atom. The molecular formula is C18H11F3N6O2. The summed E-state index contributed by atoms with van der Waals surface area (Å²) in [5.41, 5.74) is -0.314. The van der Waals surface area contributed by atoms with E-state index in [1.807, 2.05) is 0 Å². The fourth-order valence-corrected chi connectivity index (χ4v) is 2.77. The Hall–Kier alpha value is -4.02. The fraction of sp³-hybridized carbons (Fsp3) is 0.0556. The molecule has 0 aliphatic carbocycles. The highest BCUT2D eigenvalue weighted by molar-refractivity contribution is 5.89. The summed E-state index contributed by atoms with van der Waals surface area (Å²) in [5.74, 6) is -1.70. The van der Waals surface area contributed by atoms with Crippen molar-refractivity contribution in [1.82, 2.24) is 29.8 Å². The standard InChI is InChI=1S/C18H11F3N6O2/c19-18(20,21)16-14(17(28)29)9-23-27(16)13-3-1-11(2-4-13)15-10-26(25-24-15)12-5-7-22-8-6-12/h1-10H,(H,28,29). The average molecular weight is 400 g/mol. The number of hydrogen-bond acceptors (Lipinski definition) is 5. The molecule has 0 atom stereocenters. The maximum absolute atomic E-state index is 13.3. The van der Waals surface area contributed by atoms with Crippen LogP contribution in [-0.2, 0) is 6.18 Å². The van der Waals surface area contributed by atoms with Crippen molar-refractivity contribution in [1.29, 1.82) is 0 Å². The van der Waals surface area contributed by atoms with Gasteiger partial charge in [0.2, 0.25) is 0 Å². The Morgan fingerprint density at radius 2 is 1.69 bits per heavy atom. The first-order valence-electron chi connectivity index (χ1n) is 8.16. The van der Waals surface area contributed by atoms with Gasteiger partial charge in [0, 0.05) is 18.0 Å². The lowest BCUT2D eigenvalue weighted by molar-refractivity contribution is -0.143. The molecule has 4 aromatic rings. The third kappa shape index (κ3) is 3.45. The summed E-state index contributed by atoms with van der Waals surface area (Å²) in [7, 11) is 0. The van der Waals surface area contributed by atoms with E-state index in [9.17, 15) is 18.0 Å². The van der Waals surface area contributed by atoms with Crippen LogP contribution in [0.3, 0.4) is 0 Å². The second-order valence-electron chi connectivity index (χ2n) is 5.92. The number of benzene rings is 1. The van der Waals surface area contributed by atoms with E-state index in [0.717, 1.165) is 5.69 Å². The van der Waals surface area contributed by atoms with Gasteiger partial charge in [-0.25, -0.2) is 14.2 Å². The molecule has 0 aliphatic heterocycles. The minimum absolute atomic E-state index is 0.0649. The summed E-state index contributed by atoms with van der Waals surface area (Å²) in [6.45, 7) is 0. The Kier molecular flexibility index (Phi) is 4.34. The van der Waals surface area contributed by atoms with Crippen molar-refractivity contribution in [2.75, 3.05) is 0 Å². The van der Waals surface area contributed by atoms with Crippen molar-refractivity contribution in [3.05, 3.63) is 72.4 Å². The van der Waals surface area contributed by atoms with E-state index >= 15 is 0 Å². The van der Waals surface area contributed by atoms with Gasteiger partial charge in [-0.3, -0.25) is 4.98 Å². The van der Waals surface area contributed by atoms with Crippen molar-refractivity contribution >= 4 is 5.97 Å². The second kappa shape index (κ2) is 6.86. The molecule has 0 aliphatic rings. The van der Waals surface area contributed by atoms with Gasteiger partial charge in [-0.05, 0) is 24.3 Å². The molecular weight excluding hydrogens is 389 g/mol. The summed E-state index contributed by atoms with van der Waals surface area (Å²) in [6, 6.07) is 9.40. The van der Waals surface area contributed by atoms with Crippen LogP contribution < -0.4 is 0 Å². The van der Waals surface area contributed by atoms with Crippen LogP contribution >= 0.6 is 0 Å². The van der Waals surface area contributed by atoms with E-state index in [4.69, 9.17) is 5.11 Å². The lowest BCUT2D eigenvalue weighted by atomic mass is 10.1. The highest BCUT2D eigenvalue weighted by atomic mass is 19.4. The number of halogens is 3. The number of carboxylic acid groups (broad SMARTS) is 1. The number of carboxylic acids is 1. The van der Waals surface area contributed by atoms with Crippen molar-refractivity contribution in [2.45, 2.75) is 6.18 Å². The molecule has 3 aromatic heterocycles. The van der Waals surface area contributed by atoms with Crippen molar-refractivity contribution in [2.24, 2.45) is 0 Å². The lowest BCUT2D eigenvalue weighted by Crippen LogP contribution is -2.17. The summed E-state index contributed by atoms with van der Waals surface area (Å²) in [4.78, 5) is 15.0. The minimum Gasteiger partial charge on any atom is -0.478 e. The van der Waals surface area contributed by atoms with Crippen LogP contribution in [0.4, 0.5) is 13.2 Å². The molecule has 29 heavy (non-hydrogen) atoms. The van der Waals surface area contributed by atoms with Crippen LogP contribution in [0.15, 0.2) is 61.2 Å². The van der Waals surface area contributed by atoms with Gasteiger partial charge < -0.3 is 5.11 Å². The highest BCUT2D eigenvalue weighted by Gasteiger charge is 2.40. The van der Waals surface area contributed by atoms with Crippen LogP contribution in [-0.4, -0.2) is 40.8 Å². The van der Waals surface area contributed by atoms with Gasteiger partial charge in [-0.2, -0.15) is 18.3 Å². The molecule has 4 rings (SSSR count). The van der Waals surface area contributed by atoms with Gasteiger partial charge in [0.15, 0.2) is 5.69 Å². The number of aromatic carboxylic acids is 1. The van der Waals surface area contributed by atoms with E-state index in [-0.39, 0.29) is 5.69 Å². The van der Waals surface area contributed by atoms with E-state index < -0.39 is 23.4 Å². The second-order valence-corrected chi connectivity index (χ2v) is 5.92. The molecule has 11 heteroatoms. The van der Waals surface area contributed by atoms with Gasteiger partial charge in [0.25, 0.3) is 0 Å². The summed E-state index contributed by atoms with van der Waals surface area (Å²) in [6.07, 6.45) is 0.690. The average Bonchev–Trinajstić information content (AvgIpc) is 3.36. The molecule has 0 amide bonds. The van der Waals surface area contributed by atoms with E-state index in [2.05, 4.69) is 20.4 Å². The molecule has 8 nitrogen and oxygen atoms in total. The first kappa shape index (κ1) is 18.3. The fourth-order valence-electron chi connectivity index (χ4n) is 2.77. The SMILES string of the molecule is O=C(O)c1cnn(-c2ccc(-c3cn(-c4ccncc4)nn3)cc2)c1C(F)(F)F. The van der Waals surface area contributed by atoms with Crippen molar-refractivity contribution < 1.29 is 23.1 Å². The Balaban J connectivity index is 1.68. The van der Waals surface area contributed by atoms with E-state index in [1.165, 1.54) is 12.1 Å². The largest absolute Gasteiger partial charge is 0.478 e. The molecule has 1 aromatic carbocycles. The molecule has 0 spiro atoms. The summed E-state index contributed by atoms with van der Waals surface area (Å²) < 4.78 is 42.1. The minimum atomic E-state index is -4.88. The van der Waals surface area contributed by atoms with Crippen LogP contribution in [0, 0.1) is 0 Å². The maximum Gasteiger partial charge on any atom is 0.434 e. The van der Waals surface area contributed by atoms with Crippen molar-refractivity contribution in [3.8, 4) is 22.6 Å². The third-order valence-electron chi connectivity index (χ3n) is 4.10. The summed E-state index contributed by atoms with van der Waals surface area (Å²) in [5, 5.41) is 20.7. The number of carbonyl (C=O) groups is 1. The van der Waals surface area contributed by atoms with Gasteiger partial charge in [-0.1, -0.05) is 17.3 Å². The van der Waals surface area contributed by atoms with Crippen molar-refractivity contribution in [3.63, 3.8) is 0 Å². The first-order valence-corrected chi connectivity index (χ1v) is 8.16. The monoisotopic (exact) mass is 400 g/mol. The van der Waals surface area contributed by atoms with Crippen LogP contribution in [0.1, 0.15) is 16.1 Å². The maximum atomic E-state index is 13.3.